The van der Waals surface area contributed by atoms with E-state index in [1.807, 2.05) is 0 Å². The molecule has 1 fully saturated rings. The first-order chi connectivity index (χ1) is 5.33. The average Bonchev–Trinajstić information content (AvgIpc) is 1.96. The highest BCUT2D eigenvalue weighted by Gasteiger charge is 2.13. The Balaban J connectivity index is 2.35. The third kappa shape index (κ3) is 2.91. The van der Waals surface area contributed by atoms with Gasteiger partial charge in [0.2, 0.25) is 5.91 Å². The zero-order valence-electron chi connectivity index (χ0n) is 7.23. The van der Waals surface area contributed by atoms with Gasteiger partial charge in [0.25, 0.3) is 0 Å². The van der Waals surface area contributed by atoms with Crippen LogP contribution in [0.5, 0.6) is 0 Å². The summed E-state index contributed by atoms with van der Waals surface area (Å²) in [5.41, 5.74) is 0. The highest BCUT2D eigenvalue weighted by molar-refractivity contribution is 5.76. The van der Waals surface area contributed by atoms with Gasteiger partial charge in [-0.3, -0.25) is 4.79 Å². The molecule has 0 bridgehead atoms. The minimum Gasteiger partial charge on any atom is -0.356 e. The Bertz CT molecular complexity index is 134. The minimum atomic E-state index is 0.247. The first-order valence-electron chi connectivity index (χ1n) is 4.59. The normalized spacial score (nSPS) is 27.0. The van der Waals surface area contributed by atoms with Crippen molar-refractivity contribution in [3.63, 3.8) is 0 Å². The Morgan fingerprint density at radius 2 is 2.36 bits per heavy atom. The smallest absolute Gasteiger partial charge is 0.220 e. The number of carbonyl (C=O) groups is 1. The van der Waals surface area contributed by atoms with Gasteiger partial charge in [-0.2, -0.15) is 0 Å². The molecule has 0 radical (unpaired) electrons. The average molecular weight is 155 g/mol. The Morgan fingerprint density at radius 3 is 3.09 bits per heavy atom. The van der Waals surface area contributed by atoms with E-state index >= 15 is 0 Å². The van der Waals surface area contributed by atoms with Crippen molar-refractivity contribution in [2.45, 2.75) is 39.0 Å². The Hall–Kier alpha value is -0.530. The van der Waals surface area contributed by atoms with Crippen LogP contribution >= 0.6 is 0 Å². The Kier molecular flexibility index (Phi) is 3.40. The molecule has 0 aromatic heterocycles. The van der Waals surface area contributed by atoms with Gasteiger partial charge in [-0.15, -0.1) is 0 Å². The fourth-order valence-electron chi connectivity index (χ4n) is 1.57. The molecule has 0 aliphatic carbocycles. The lowest BCUT2D eigenvalue weighted by Crippen LogP contribution is -2.28. The molecule has 2 heteroatoms. The Morgan fingerprint density at radius 1 is 1.55 bits per heavy atom. The number of rotatable bonds is 1. The lowest BCUT2D eigenvalue weighted by molar-refractivity contribution is -0.122. The zero-order chi connectivity index (χ0) is 8.10. The number of hydrogen-bond acceptors (Lipinski definition) is 1. The molecule has 1 rings (SSSR count). The van der Waals surface area contributed by atoms with Crippen molar-refractivity contribution in [3.8, 4) is 0 Å². The van der Waals surface area contributed by atoms with Crippen LogP contribution in [0.15, 0.2) is 0 Å². The molecule has 1 unspecified atom stereocenters. The van der Waals surface area contributed by atoms with Gasteiger partial charge < -0.3 is 5.32 Å². The molecule has 1 N–H and O–H groups in total. The van der Waals surface area contributed by atoms with Gasteiger partial charge in [0.15, 0.2) is 0 Å². The summed E-state index contributed by atoms with van der Waals surface area (Å²) < 4.78 is 0. The molecular formula is C9H17NO. The van der Waals surface area contributed by atoms with Gasteiger partial charge in [0, 0.05) is 13.0 Å². The van der Waals surface area contributed by atoms with E-state index in [9.17, 15) is 4.79 Å². The van der Waals surface area contributed by atoms with Crippen LogP contribution in [-0.4, -0.2) is 12.5 Å². The maximum atomic E-state index is 11.1. The SMILES string of the molecule is CCC1CCCCNC(=O)C1. The quantitative estimate of drug-likeness (QED) is 0.613. The van der Waals surface area contributed by atoms with Gasteiger partial charge in [-0.1, -0.05) is 19.8 Å². The van der Waals surface area contributed by atoms with E-state index in [2.05, 4.69) is 12.2 Å². The van der Waals surface area contributed by atoms with Crippen molar-refractivity contribution in [1.82, 2.24) is 5.32 Å². The number of hydrogen-bond donors (Lipinski definition) is 1. The molecule has 1 atom stereocenters. The molecule has 1 aliphatic rings. The van der Waals surface area contributed by atoms with Crippen LogP contribution in [0.1, 0.15) is 39.0 Å². The molecule has 1 saturated heterocycles. The van der Waals surface area contributed by atoms with Crippen molar-refractivity contribution in [2.75, 3.05) is 6.54 Å². The highest BCUT2D eigenvalue weighted by atomic mass is 16.1. The van der Waals surface area contributed by atoms with Crippen LogP contribution in [-0.2, 0) is 4.79 Å². The van der Waals surface area contributed by atoms with Crippen LogP contribution in [0.3, 0.4) is 0 Å². The summed E-state index contributed by atoms with van der Waals surface area (Å²) in [6, 6.07) is 0. The van der Waals surface area contributed by atoms with E-state index in [-0.39, 0.29) is 5.91 Å². The van der Waals surface area contributed by atoms with Crippen molar-refractivity contribution in [3.05, 3.63) is 0 Å². The topological polar surface area (TPSA) is 29.1 Å². The molecule has 0 saturated carbocycles. The zero-order valence-corrected chi connectivity index (χ0v) is 7.23. The first kappa shape index (κ1) is 8.57. The summed E-state index contributed by atoms with van der Waals surface area (Å²) >= 11 is 0. The molecule has 0 aromatic carbocycles. The summed E-state index contributed by atoms with van der Waals surface area (Å²) in [4.78, 5) is 11.1. The minimum absolute atomic E-state index is 0.247. The summed E-state index contributed by atoms with van der Waals surface area (Å²) in [7, 11) is 0. The van der Waals surface area contributed by atoms with Gasteiger partial charge in [0.1, 0.15) is 0 Å². The van der Waals surface area contributed by atoms with E-state index in [0.29, 0.717) is 5.92 Å². The Labute approximate surface area is 68.4 Å². The summed E-state index contributed by atoms with van der Waals surface area (Å²) in [5.74, 6) is 0.881. The summed E-state index contributed by atoms with van der Waals surface area (Å²) in [6.07, 6.45) is 5.56. The summed E-state index contributed by atoms with van der Waals surface area (Å²) in [6.45, 7) is 3.05. The lowest BCUT2D eigenvalue weighted by Gasteiger charge is -2.17. The second-order valence-electron chi connectivity index (χ2n) is 3.32. The van der Waals surface area contributed by atoms with E-state index in [1.54, 1.807) is 0 Å². The van der Waals surface area contributed by atoms with Crippen LogP contribution in [0.4, 0.5) is 0 Å². The second kappa shape index (κ2) is 4.37. The van der Waals surface area contributed by atoms with Crippen LogP contribution < -0.4 is 5.32 Å². The molecule has 1 heterocycles. The lowest BCUT2D eigenvalue weighted by atomic mass is 9.94. The van der Waals surface area contributed by atoms with E-state index < -0.39 is 0 Å². The fraction of sp³-hybridized carbons (Fsp3) is 0.889. The molecule has 1 amide bonds. The van der Waals surface area contributed by atoms with Crippen molar-refractivity contribution in [1.29, 1.82) is 0 Å². The number of nitrogens with one attached hydrogen (secondary N) is 1. The monoisotopic (exact) mass is 155 g/mol. The maximum absolute atomic E-state index is 11.1. The first-order valence-corrected chi connectivity index (χ1v) is 4.59. The van der Waals surface area contributed by atoms with E-state index in [4.69, 9.17) is 0 Å². The fourth-order valence-corrected chi connectivity index (χ4v) is 1.57. The summed E-state index contributed by atoms with van der Waals surface area (Å²) in [5, 5.41) is 2.91. The van der Waals surface area contributed by atoms with Crippen LogP contribution in [0, 0.1) is 5.92 Å². The van der Waals surface area contributed by atoms with Crippen molar-refractivity contribution >= 4 is 5.91 Å². The predicted octanol–water partition coefficient (Wildman–Crippen LogP) is 1.70. The number of carbonyl (C=O) groups excluding carboxylic acids is 1. The van der Waals surface area contributed by atoms with Crippen molar-refractivity contribution in [2.24, 2.45) is 5.92 Å². The van der Waals surface area contributed by atoms with Gasteiger partial charge >= 0.3 is 0 Å². The highest BCUT2D eigenvalue weighted by Crippen LogP contribution is 2.17. The van der Waals surface area contributed by atoms with Crippen LogP contribution in [0.25, 0.3) is 0 Å². The molecule has 0 aromatic rings. The second-order valence-corrected chi connectivity index (χ2v) is 3.32. The van der Waals surface area contributed by atoms with Crippen molar-refractivity contribution < 1.29 is 4.79 Å². The molecular weight excluding hydrogens is 138 g/mol. The third-order valence-corrected chi connectivity index (χ3v) is 2.41. The molecule has 11 heavy (non-hydrogen) atoms. The van der Waals surface area contributed by atoms with Gasteiger partial charge in [-0.05, 0) is 18.8 Å². The van der Waals surface area contributed by atoms with E-state index in [1.165, 1.54) is 12.8 Å². The van der Waals surface area contributed by atoms with E-state index in [0.717, 1.165) is 25.8 Å². The maximum Gasteiger partial charge on any atom is 0.220 e. The van der Waals surface area contributed by atoms with Crippen LogP contribution in [0.2, 0.25) is 0 Å². The third-order valence-electron chi connectivity index (χ3n) is 2.41. The van der Waals surface area contributed by atoms with Gasteiger partial charge in [0.05, 0.1) is 0 Å². The molecule has 1 aliphatic heterocycles. The largest absolute Gasteiger partial charge is 0.356 e. The number of amides is 1. The standard InChI is InChI=1S/C9H17NO/c1-2-8-5-3-4-6-10-9(11)7-8/h8H,2-7H2,1H3,(H,10,11). The molecule has 2 nitrogen and oxygen atoms in total. The molecule has 0 spiro atoms. The predicted molar refractivity (Wildman–Crippen MR) is 45.3 cm³/mol. The van der Waals surface area contributed by atoms with Gasteiger partial charge in [-0.25, -0.2) is 0 Å². The molecule has 64 valence electrons.